The van der Waals surface area contributed by atoms with E-state index in [2.05, 4.69) is 15.4 Å². The maximum absolute atomic E-state index is 13.0. The van der Waals surface area contributed by atoms with Crippen molar-refractivity contribution in [1.82, 2.24) is 5.32 Å². The lowest BCUT2D eigenvalue weighted by molar-refractivity contribution is -0.147. The molecular formula is C11H11Cl2FN2O4. The maximum atomic E-state index is 13.0. The summed E-state index contributed by atoms with van der Waals surface area (Å²) < 4.78 is 17.6. The Kier molecular flexibility index (Phi) is 6.00. The van der Waals surface area contributed by atoms with Crippen LogP contribution in [0.5, 0.6) is 0 Å². The first kappa shape index (κ1) is 16.5. The lowest BCUT2D eigenvalue weighted by atomic mass is 10.3. The highest BCUT2D eigenvalue weighted by atomic mass is 35.5. The van der Waals surface area contributed by atoms with E-state index in [1.165, 1.54) is 7.11 Å². The van der Waals surface area contributed by atoms with Crippen LogP contribution in [-0.4, -0.2) is 36.9 Å². The Bertz CT molecular complexity index is 504. The molecule has 0 spiro atoms. The van der Waals surface area contributed by atoms with Crippen LogP contribution in [0.15, 0.2) is 12.1 Å². The summed E-state index contributed by atoms with van der Waals surface area (Å²) in [6.07, 6.45) is -1.18. The molecule has 0 radical (unpaired) electrons. The van der Waals surface area contributed by atoms with Gasteiger partial charge in [0.25, 0.3) is 0 Å². The van der Waals surface area contributed by atoms with E-state index < -0.39 is 23.9 Å². The van der Waals surface area contributed by atoms with Gasteiger partial charge in [-0.3, -0.25) is 0 Å². The molecule has 0 aliphatic carbocycles. The van der Waals surface area contributed by atoms with Crippen molar-refractivity contribution in [2.75, 3.05) is 19.0 Å². The molecule has 0 aromatic heterocycles. The van der Waals surface area contributed by atoms with Crippen molar-refractivity contribution in [1.29, 1.82) is 0 Å². The summed E-state index contributed by atoms with van der Waals surface area (Å²) in [6.45, 7) is -0.256. The number of halogens is 3. The molecule has 0 saturated heterocycles. The summed E-state index contributed by atoms with van der Waals surface area (Å²) in [5.74, 6) is -1.86. The lowest BCUT2D eigenvalue weighted by Gasteiger charge is -2.13. The van der Waals surface area contributed by atoms with Crippen molar-refractivity contribution in [3.05, 3.63) is 28.0 Å². The normalized spacial score (nSPS) is 11.8. The van der Waals surface area contributed by atoms with Crippen molar-refractivity contribution in [3.8, 4) is 0 Å². The Hall–Kier alpha value is -1.57. The van der Waals surface area contributed by atoms with Gasteiger partial charge in [0.2, 0.25) is 0 Å². The Morgan fingerprint density at radius 1 is 1.40 bits per heavy atom. The first-order valence-electron chi connectivity index (χ1n) is 5.30. The highest BCUT2D eigenvalue weighted by molar-refractivity contribution is 6.39. The molecule has 0 aliphatic heterocycles. The fraction of sp³-hybridized carbons (Fsp3) is 0.273. The number of hydrogen-bond acceptors (Lipinski definition) is 3. The zero-order valence-electron chi connectivity index (χ0n) is 10.2. The van der Waals surface area contributed by atoms with Gasteiger partial charge in [0.1, 0.15) is 5.82 Å². The topological polar surface area (TPSA) is 87.7 Å². The van der Waals surface area contributed by atoms with Crippen LogP contribution in [0.25, 0.3) is 0 Å². The third-order valence-electron chi connectivity index (χ3n) is 2.25. The molecule has 20 heavy (non-hydrogen) atoms. The third-order valence-corrected chi connectivity index (χ3v) is 2.85. The molecule has 110 valence electrons. The van der Waals surface area contributed by atoms with Gasteiger partial charge < -0.3 is 20.5 Å². The second-order valence-electron chi connectivity index (χ2n) is 3.64. The predicted molar refractivity (Wildman–Crippen MR) is 71.9 cm³/mol. The Balaban J connectivity index is 2.66. The Morgan fingerprint density at radius 3 is 2.40 bits per heavy atom. The van der Waals surface area contributed by atoms with Crippen LogP contribution in [0.2, 0.25) is 10.0 Å². The second kappa shape index (κ2) is 7.28. The molecule has 2 amide bonds. The molecular weight excluding hydrogens is 314 g/mol. The number of methoxy groups -OCH3 is 1. The minimum atomic E-state index is -1.22. The van der Waals surface area contributed by atoms with Crippen LogP contribution in [0.4, 0.5) is 14.9 Å². The zero-order valence-corrected chi connectivity index (χ0v) is 11.8. The van der Waals surface area contributed by atoms with Crippen LogP contribution in [-0.2, 0) is 9.53 Å². The van der Waals surface area contributed by atoms with E-state index in [-0.39, 0.29) is 22.3 Å². The van der Waals surface area contributed by atoms with E-state index in [4.69, 9.17) is 28.3 Å². The van der Waals surface area contributed by atoms with Gasteiger partial charge in [0, 0.05) is 7.11 Å². The summed E-state index contributed by atoms with van der Waals surface area (Å²) in [6, 6.07) is 1.22. The van der Waals surface area contributed by atoms with Crippen LogP contribution < -0.4 is 10.6 Å². The number of ether oxygens (including phenoxy) is 1. The van der Waals surface area contributed by atoms with Gasteiger partial charge in [-0.05, 0) is 12.1 Å². The number of amides is 2. The van der Waals surface area contributed by atoms with Crippen LogP contribution >= 0.6 is 23.2 Å². The third kappa shape index (κ3) is 4.52. The highest BCUT2D eigenvalue weighted by Crippen LogP contribution is 2.31. The number of anilines is 1. The van der Waals surface area contributed by atoms with Gasteiger partial charge in [0.15, 0.2) is 6.10 Å². The second-order valence-corrected chi connectivity index (χ2v) is 4.46. The largest absolute Gasteiger partial charge is 0.479 e. The molecule has 0 bridgehead atoms. The van der Waals surface area contributed by atoms with Gasteiger partial charge in [-0.2, -0.15) is 0 Å². The maximum Gasteiger partial charge on any atom is 0.334 e. The van der Waals surface area contributed by atoms with E-state index in [0.29, 0.717) is 0 Å². The SMILES string of the molecule is COC(CNC(=O)Nc1c(Cl)cc(F)cc1Cl)C(=O)O. The van der Waals surface area contributed by atoms with E-state index in [9.17, 15) is 14.0 Å². The molecule has 1 atom stereocenters. The van der Waals surface area contributed by atoms with Gasteiger partial charge in [-0.25, -0.2) is 14.0 Å². The number of aliphatic carboxylic acids is 1. The molecule has 1 unspecified atom stereocenters. The van der Waals surface area contributed by atoms with E-state index >= 15 is 0 Å². The van der Waals surface area contributed by atoms with Crippen LogP contribution in [0.3, 0.4) is 0 Å². The molecule has 9 heteroatoms. The zero-order chi connectivity index (χ0) is 15.3. The van der Waals surface area contributed by atoms with E-state index in [1.54, 1.807) is 0 Å². The van der Waals surface area contributed by atoms with Crippen molar-refractivity contribution in [2.24, 2.45) is 0 Å². The predicted octanol–water partition coefficient (Wildman–Crippen LogP) is 2.35. The minimum Gasteiger partial charge on any atom is -0.479 e. The number of hydrogen-bond donors (Lipinski definition) is 3. The van der Waals surface area contributed by atoms with E-state index in [1.807, 2.05) is 0 Å². The number of carboxylic acid groups (broad SMARTS) is 1. The van der Waals surface area contributed by atoms with Crippen LogP contribution in [0.1, 0.15) is 0 Å². The van der Waals surface area contributed by atoms with Gasteiger partial charge in [-0.1, -0.05) is 23.2 Å². The molecule has 0 heterocycles. The molecule has 0 fully saturated rings. The molecule has 1 rings (SSSR count). The minimum absolute atomic E-state index is 0.0246. The molecule has 0 aliphatic rings. The summed E-state index contributed by atoms with van der Waals surface area (Å²) in [5, 5.41) is 13.1. The molecule has 1 aromatic rings. The molecule has 3 N–H and O–H groups in total. The first-order chi connectivity index (χ1) is 9.35. The van der Waals surface area contributed by atoms with Crippen LogP contribution in [0, 0.1) is 5.82 Å². The van der Waals surface area contributed by atoms with Gasteiger partial charge in [-0.15, -0.1) is 0 Å². The molecule has 6 nitrogen and oxygen atoms in total. The molecule has 1 aromatic carbocycles. The summed E-state index contributed by atoms with van der Waals surface area (Å²) >= 11 is 11.5. The van der Waals surface area contributed by atoms with Crippen molar-refractivity contribution in [2.45, 2.75) is 6.10 Å². The fourth-order valence-corrected chi connectivity index (χ4v) is 1.83. The van der Waals surface area contributed by atoms with Gasteiger partial charge >= 0.3 is 12.0 Å². The van der Waals surface area contributed by atoms with E-state index in [0.717, 1.165) is 12.1 Å². The number of nitrogens with one attached hydrogen (secondary N) is 2. The Morgan fingerprint density at radius 2 is 1.95 bits per heavy atom. The van der Waals surface area contributed by atoms with Crippen molar-refractivity contribution in [3.63, 3.8) is 0 Å². The molecule has 0 saturated carbocycles. The quantitative estimate of drug-likeness (QED) is 0.775. The number of carbonyl (C=O) groups is 2. The standard InChI is InChI=1S/C11H11Cl2FN2O4/c1-20-8(10(17)18)4-15-11(19)16-9-6(12)2-5(14)3-7(9)13/h2-3,8H,4H2,1H3,(H,17,18)(H2,15,16,19). The number of urea groups is 1. The van der Waals surface area contributed by atoms with Gasteiger partial charge in [0.05, 0.1) is 22.3 Å². The fourth-order valence-electron chi connectivity index (χ4n) is 1.28. The average molecular weight is 325 g/mol. The monoisotopic (exact) mass is 324 g/mol. The summed E-state index contributed by atoms with van der Waals surface area (Å²) in [4.78, 5) is 22.2. The average Bonchev–Trinajstić information content (AvgIpc) is 2.34. The lowest BCUT2D eigenvalue weighted by Crippen LogP contribution is -2.39. The number of benzene rings is 1. The first-order valence-corrected chi connectivity index (χ1v) is 6.05. The highest BCUT2D eigenvalue weighted by Gasteiger charge is 2.18. The van der Waals surface area contributed by atoms with Crippen molar-refractivity contribution < 1.29 is 23.8 Å². The number of carbonyl (C=O) groups excluding carboxylic acids is 1. The summed E-state index contributed by atoms with van der Waals surface area (Å²) in [7, 11) is 1.20. The van der Waals surface area contributed by atoms with Crippen molar-refractivity contribution >= 4 is 40.9 Å². The summed E-state index contributed by atoms with van der Waals surface area (Å²) in [5.41, 5.74) is 0.0246. The number of carboxylic acids is 1. The smallest absolute Gasteiger partial charge is 0.334 e. The Labute approximate surface area is 123 Å². The number of rotatable bonds is 5.